The largest absolute Gasteiger partial charge is 0.493 e. The smallest absolute Gasteiger partial charge is 0.257 e. The van der Waals surface area contributed by atoms with Crippen LogP contribution in [0.25, 0.3) is 10.4 Å². The fourth-order valence-corrected chi connectivity index (χ4v) is 4.93. The van der Waals surface area contributed by atoms with Crippen LogP contribution in [0.3, 0.4) is 0 Å². The lowest BCUT2D eigenvalue weighted by Crippen LogP contribution is -2.42. The van der Waals surface area contributed by atoms with Gasteiger partial charge in [0.25, 0.3) is 5.91 Å². The molecule has 2 amide bonds. The number of benzene rings is 2. The number of carbonyl (C=O) groups is 2. The Morgan fingerprint density at radius 2 is 1.87 bits per heavy atom. The van der Waals surface area contributed by atoms with E-state index in [1.54, 1.807) is 28.4 Å². The number of hydrogen-bond acceptors (Lipinski definition) is 4. The van der Waals surface area contributed by atoms with Crippen LogP contribution in [0.1, 0.15) is 29.3 Å². The zero-order chi connectivity index (χ0) is 21.8. The van der Waals surface area contributed by atoms with Crippen LogP contribution in [-0.2, 0) is 11.2 Å². The molecule has 2 heterocycles. The van der Waals surface area contributed by atoms with Gasteiger partial charge in [0, 0.05) is 18.0 Å². The number of likely N-dealkylation sites (tertiary alicyclic amines) is 1. The summed E-state index contributed by atoms with van der Waals surface area (Å²) in [5.41, 5.74) is 7.82. The molecule has 4 rings (SSSR count). The van der Waals surface area contributed by atoms with Gasteiger partial charge in [0.1, 0.15) is 5.75 Å². The standard InChI is InChI=1S/C25H26N2O3S/c1-2-30-21-7-4-3-6-20(21)23(28)27-14-13-25(17-27,24(26)29)16-18-9-11-19(12-10-18)22-8-5-15-31-22/h3-12,15H,2,13-14,16-17H2,1H3,(H2,26,29)/t25-/m0/s1. The van der Waals surface area contributed by atoms with E-state index in [9.17, 15) is 9.59 Å². The van der Waals surface area contributed by atoms with Crippen LogP contribution in [0.5, 0.6) is 5.75 Å². The summed E-state index contributed by atoms with van der Waals surface area (Å²) in [6.45, 7) is 3.18. The lowest BCUT2D eigenvalue weighted by atomic mass is 9.80. The molecule has 1 fully saturated rings. The molecule has 1 saturated heterocycles. The quantitative estimate of drug-likeness (QED) is 0.600. The average Bonchev–Trinajstić information content (AvgIpc) is 3.46. The third-order valence-corrected chi connectivity index (χ3v) is 6.80. The maximum atomic E-state index is 13.2. The van der Waals surface area contributed by atoms with E-state index in [-0.39, 0.29) is 11.8 Å². The average molecular weight is 435 g/mol. The first kappa shape index (κ1) is 21.1. The summed E-state index contributed by atoms with van der Waals surface area (Å²) in [5.74, 6) is 0.0826. The molecule has 1 aromatic heterocycles. The van der Waals surface area contributed by atoms with E-state index >= 15 is 0 Å². The number of hydrogen-bond donors (Lipinski definition) is 1. The number of thiophene rings is 1. The molecule has 1 atom stereocenters. The summed E-state index contributed by atoms with van der Waals surface area (Å²) in [5, 5.41) is 2.05. The molecule has 3 aromatic rings. The maximum absolute atomic E-state index is 13.2. The summed E-state index contributed by atoms with van der Waals surface area (Å²) < 4.78 is 5.62. The minimum absolute atomic E-state index is 0.125. The minimum Gasteiger partial charge on any atom is -0.493 e. The molecular formula is C25H26N2O3S. The van der Waals surface area contributed by atoms with Crippen molar-refractivity contribution in [2.45, 2.75) is 19.8 Å². The summed E-state index contributed by atoms with van der Waals surface area (Å²) in [7, 11) is 0. The molecule has 0 aliphatic carbocycles. The summed E-state index contributed by atoms with van der Waals surface area (Å²) in [6.07, 6.45) is 1.07. The topological polar surface area (TPSA) is 72.6 Å². The fourth-order valence-electron chi connectivity index (χ4n) is 4.19. The molecular weight excluding hydrogens is 408 g/mol. The molecule has 1 aliphatic rings. The number of carbonyl (C=O) groups excluding carboxylic acids is 2. The van der Waals surface area contributed by atoms with Crippen molar-refractivity contribution in [2.75, 3.05) is 19.7 Å². The third-order valence-electron chi connectivity index (χ3n) is 5.88. The zero-order valence-electron chi connectivity index (χ0n) is 17.5. The summed E-state index contributed by atoms with van der Waals surface area (Å²) >= 11 is 1.70. The van der Waals surface area contributed by atoms with Gasteiger partial charge in [-0.2, -0.15) is 0 Å². The van der Waals surface area contributed by atoms with Crippen LogP contribution < -0.4 is 10.5 Å². The van der Waals surface area contributed by atoms with Gasteiger partial charge in [0.15, 0.2) is 0 Å². The fraction of sp³-hybridized carbons (Fsp3) is 0.280. The van der Waals surface area contributed by atoms with Crippen LogP contribution in [0.15, 0.2) is 66.0 Å². The summed E-state index contributed by atoms with van der Waals surface area (Å²) in [6, 6.07) is 19.6. The van der Waals surface area contributed by atoms with E-state index in [4.69, 9.17) is 10.5 Å². The van der Waals surface area contributed by atoms with E-state index in [1.807, 2.05) is 25.1 Å². The Balaban J connectivity index is 1.52. The maximum Gasteiger partial charge on any atom is 0.257 e. The normalized spacial score (nSPS) is 18.2. The molecule has 6 heteroatoms. The second kappa shape index (κ2) is 8.94. The monoisotopic (exact) mass is 434 g/mol. The van der Waals surface area contributed by atoms with Gasteiger partial charge in [0.2, 0.25) is 5.91 Å². The lowest BCUT2D eigenvalue weighted by Gasteiger charge is -2.26. The van der Waals surface area contributed by atoms with Crippen molar-refractivity contribution in [2.24, 2.45) is 11.1 Å². The number of primary amides is 1. The Morgan fingerprint density at radius 3 is 2.55 bits per heavy atom. The first-order valence-corrected chi connectivity index (χ1v) is 11.3. The van der Waals surface area contributed by atoms with Crippen LogP contribution in [-0.4, -0.2) is 36.4 Å². The van der Waals surface area contributed by atoms with Gasteiger partial charge >= 0.3 is 0 Å². The molecule has 0 bridgehead atoms. The Bertz CT molecular complexity index is 1060. The van der Waals surface area contributed by atoms with Crippen LogP contribution >= 0.6 is 11.3 Å². The lowest BCUT2D eigenvalue weighted by molar-refractivity contribution is -0.126. The van der Waals surface area contributed by atoms with Crippen molar-refractivity contribution in [3.63, 3.8) is 0 Å². The number of nitrogens with zero attached hydrogens (tertiary/aromatic N) is 1. The third kappa shape index (κ3) is 4.35. The van der Waals surface area contributed by atoms with Crippen molar-refractivity contribution in [1.82, 2.24) is 4.90 Å². The molecule has 0 radical (unpaired) electrons. The second-order valence-corrected chi connectivity index (χ2v) is 8.85. The van der Waals surface area contributed by atoms with Gasteiger partial charge in [-0.05, 0) is 54.5 Å². The number of amides is 2. The highest BCUT2D eigenvalue weighted by molar-refractivity contribution is 7.13. The van der Waals surface area contributed by atoms with Crippen LogP contribution in [0, 0.1) is 5.41 Å². The highest BCUT2D eigenvalue weighted by atomic mass is 32.1. The van der Waals surface area contributed by atoms with Crippen LogP contribution in [0.4, 0.5) is 0 Å². The van der Waals surface area contributed by atoms with Crippen molar-refractivity contribution < 1.29 is 14.3 Å². The molecule has 1 aliphatic heterocycles. The molecule has 0 unspecified atom stereocenters. The number of para-hydroxylation sites is 1. The van der Waals surface area contributed by atoms with Crippen molar-refractivity contribution in [3.05, 3.63) is 77.2 Å². The van der Waals surface area contributed by atoms with Gasteiger partial charge in [-0.25, -0.2) is 0 Å². The molecule has 0 saturated carbocycles. The van der Waals surface area contributed by atoms with E-state index in [0.717, 1.165) is 11.1 Å². The molecule has 0 spiro atoms. The van der Waals surface area contributed by atoms with E-state index < -0.39 is 5.41 Å². The molecule has 5 nitrogen and oxygen atoms in total. The summed E-state index contributed by atoms with van der Waals surface area (Å²) in [4.78, 5) is 28.6. The van der Waals surface area contributed by atoms with Gasteiger partial charge in [-0.3, -0.25) is 9.59 Å². The predicted molar refractivity (Wildman–Crippen MR) is 123 cm³/mol. The van der Waals surface area contributed by atoms with Crippen molar-refractivity contribution in [1.29, 1.82) is 0 Å². The highest BCUT2D eigenvalue weighted by Gasteiger charge is 2.45. The predicted octanol–water partition coefficient (Wildman–Crippen LogP) is 4.37. The first-order chi connectivity index (χ1) is 15.0. The van der Waals surface area contributed by atoms with Crippen LogP contribution in [0.2, 0.25) is 0 Å². The number of rotatable bonds is 7. The Labute approximate surface area is 186 Å². The van der Waals surface area contributed by atoms with E-state index in [1.165, 1.54) is 4.88 Å². The van der Waals surface area contributed by atoms with E-state index in [0.29, 0.717) is 43.9 Å². The minimum atomic E-state index is -0.763. The Kier molecular flexibility index (Phi) is 6.09. The van der Waals surface area contributed by atoms with Crippen molar-refractivity contribution in [3.8, 4) is 16.2 Å². The molecule has 2 N–H and O–H groups in total. The van der Waals surface area contributed by atoms with Gasteiger partial charge in [-0.15, -0.1) is 11.3 Å². The Hall–Kier alpha value is -3.12. The first-order valence-electron chi connectivity index (χ1n) is 10.5. The SMILES string of the molecule is CCOc1ccccc1C(=O)N1CC[C@@](Cc2ccc(-c3cccs3)cc2)(C(N)=O)C1. The molecule has 2 aromatic carbocycles. The number of nitrogens with two attached hydrogens (primary N) is 1. The zero-order valence-corrected chi connectivity index (χ0v) is 18.4. The van der Waals surface area contributed by atoms with E-state index in [2.05, 4.69) is 35.7 Å². The second-order valence-electron chi connectivity index (χ2n) is 7.90. The molecule has 160 valence electrons. The highest BCUT2D eigenvalue weighted by Crippen LogP contribution is 2.36. The number of ether oxygens (including phenoxy) is 1. The van der Waals surface area contributed by atoms with Gasteiger partial charge in [0.05, 0.1) is 17.6 Å². The van der Waals surface area contributed by atoms with Crippen molar-refractivity contribution >= 4 is 23.2 Å². The molecule has 31 heavy (non-hydrogen) atoms. The Morgan fingerprint density at radius 1 is 1.10 bits per heavy atom. The van der Waals surface area contributed by atoms with Gasteiger partial charge < -0.3 is 15.4 Å². The van der Waals surface area contributed by atoms with Gasteiger partial charge in [-0.1, -0.05) is 42.5 Å².